The van der Waals surface area contributed by atoms with Gasteiger partial charge in [-0.05, 0) is 0 Å². The van der Waals surface area contributed by atoms with Gasteiger partial charge in [0.15, 0.2) is 0 Å². The number of benzene rings is 3. The molecule has 0 unspecified atom stereocenters. The Hall–Kier alpha value is -3.15. The summed E-state index contributed by atoms with van der Waals surface area (Å²) in [6.07, 6.45) is 1.56. The molecule has 0 saturated heterocycles. The van der Waals surface area contributed by atoms with E-state index in [-0.39, 0.29) is 11.5 Å². The van der Waals surface area contributed by atoms with E-state index in [0.29, 0.717) is 28.3 Å². The van der Waals surface area contributed by atoms with Gasteiger partial charge in [0.2, 0.25) is 0 Å². The molecule has 0 spiro atoms. The Balaban J connectivity index is 2.18. The second kappa shape index (κ2) is 11.3. The van der Waals surface area contributed by atoms with Gasteiger partial charge in [-0.1, -0.05) is 0 Å². The third-order valence-electron chi connectivity index (χ3n) is 5.48. The molecule has 3 aromatic carbocycles. The minimum atomic E-state index is -4.17. The molecule has 34 heavy (non-hydrogen) atoms. The maximum atomic E-state index is 12.0. The van der Waals surface area contributed by atoms with Crippen molar-refractivity contribution in [2.24, 2.45) is 0 Å². The standard InChI is InChI=1S/C26H33O7P/c1-7-18-14-21(28-3)25(22(15-18)29-4)32-34(27,20-12-10-9-11-13-20)33-26-23(30-5)16-19(8-2)17-24(26)31-6/h9-17,27,34H,7-8H2,1-6H3. The van der Waals surface area contributed by atoms with Gasteiger partial charge in [0.05, 0.1) is 0 Å². The fourth-order valence-corrected chi connectivity index (χ4v) is 5.39. The van der Waals surface area contributed by atoms with Gasteiger partial charge in [0.25, 0.3) is 0 Å². The van der Waals surface area contributed by atoms with Crippen molar-refractivity contribution < 1.29 is 32.9 Å². The van der Waals surface area contributed by atoms with Crippen molar-refractivity contribution in [2.45, 2.75) is 26.7 Å². The van der Waals surface area contributed by atoms with Gasteiger partial charge >= 0.3 is 201 Å². The van der Waals surface area contributed by atoms with Gasteiger partial charge in [-0.2, -0.15) is 0 Å². The molecule has 7 nitrogen and oxygen atoms in total. The van der Waals surface area contributed by atoms with Gasteiger partial charge in [-0.3, -0.25) is 0 Å². The topological polar surface area (TPSA) is 75.6 Å². The van der Waals surface area contributed by atoms with Crippen molar-refractivity contribution in [1.82, 2.24) is 0 Å². The molecular weight excluding hydrogens is 455 g/mol. The summed E-state index contributed by atoms with van der Waals surface area (Å²) in [5.41, 5.74) is 2.01. The quantitative estimate of drug-likeness (QED) is 0.376. The van der Waals surface area contributed by atoms with Gasteiger partial charge in [0, 0.05) is 0 Å². The van der Waals surface area contributed by atoms with Crippen molar-refractivity contribution >= 4 is 13.2 Å². The fraction of sp³-hybridized carbons (Fsp3) is 0.308. The average Bonchev–Trinajstić information content (AvgIpc) is 2.89. The molecule has 0 radical (unpaired) electrons. The molecule has 0 bridgehead atoms. The Labute approximate surface area is 201 Å². The number of hydrogen-bond acceptors (Lipinski definition) is 7. The Bertz CT molecular complexity index is 986. The Kier molecular flexibility index (Phi) is 8.48. The first kappa shape index (κ1) is 25.5. The number of rotatable bonds is 11. The van der Waals surface area contributed by atoms with E-state index in [1.165, 1.54) is 0 Å². The number of methoxy groups -OCH3 is 4. The first-order chi connectivity index (χ1) is 16.4. The van der Waals surface area contributed by atoms with Gasteiger partial charge in [-0.25, -0.2) is 0 Å². The molecule has 0 aliphatic heterocycles. The molecule has 0 amide bonds. The molecule has 0 atom stereocenters. The van der Waals surface area contributed by atoms with E-state index >= 15 is 0 Å². The molecule has 0 aromatic heterocycles. The molecule has 0 fully saturated rings. The summed E-state index contributed by atoms with van der Waals surface area (Å²) in [5.74, 6) is 2.24. The molecular formula is C26H33O7P. The maximum absolute atomic E-state index is 12.0. The summed E-state index contributed by atoms with van der Waals surface area (Å²) in [7, 11) is 2.00. The predicted octanol–water partition coefficient (Wildman–Crippen LogP) is 5.12. The van der Waals surface area contributed by atoms with Crippen molar-refractivity contribution in [3.63, 3.8) is 0 Å². The second-order valence-corrected chi connectivity index (χ2v) is 9.67. The van der Waals surface area contributed by atoms with Crippen LogP contribution in [0.4, 0.5) is 0 Å². The zero-order valence-electron chi connectivity index (χ0n) is 20.5. The minimum absolute atomic E-state index is 0.253. The molecule has 8 heteroatoms. The average molecular weight is 489 g/mol. The summed E-state index contributed by atoms with van der Waals surface area (Å²) in [4.78, 5) is 12.0. The third-order valence-corrected chi connectivity index (χ3v) is 7.50. The summed E-state index contributed by atoms with van der Waals surface area (Å²) in [6, 6.07) is 16.4. The SMILES string of the molecule is CCc1cc(OC)c(O[PH](O)(Oc2c(OC)cc(CC)cc2OC)c2ccccc2)c(OC)c1. The van der Waals surface area contributed by atoms with Crippen LogP contribution in [0.2, 0.25) is 0 Å². The number of aryl methyl sites for hydroxylation is 2. The van der Waals surface area contributed by atoms with Crippen molar-refractivity contribution in [2.75, 3.05) is 28.4 Å². The predicted molar refractivity (Wildman–Crippen MR) is 136 cm³/mol. The summed E-state index contributed by atoms with van der Waals surface area (Å²) < 4.78 is 34.9. The van der Waals surface area contributed by atoms with Gasteiger partial charge in [-0.15, -0.1) is 0 Å². The van der Waals surface area contributed by atoms with Crippen molar-refractivity contribution in [1.29, 1.82) is 0 Å². The van der Waals surface area contributed by atoms with E-state index in [1.807, 2.05) is 56.3 Å². The van der Waals surface area contributed by atoms with Crippen molar-refractivity contribution in [3.8, 4) is 34.5 Å². The molecule has 0 aliphatic rings. The fourth-order valence-electron chi connectivity index (χ4n) is 3.54. The third kappa shape index (κ3) is 5.32. The molecule has 3 rings (SSSR count). The van der Waals surface area contributed by atoms with Crippen LogP contribution >= 0.6 is 7.94 Å². The summed E-state index contributed by atoms with van der Waals surface area (Å²) in [5, 5.41) is 0.488. The monoisotopic (exact) mass is 488 g/mol. The van der Waals surface area contributed by atoms with Crippen LogP contribution in [-0.2, 0) is 12.8 Å². The Morgan fingerprint density at radius 2 is 0.971 bits per heavy atom. The normalized spacial score (nSPS) is 11.5. The number of ether oxygens (including phenoxy) is 4. The van der Waals surface area contributed by atoms with Crippen LogP contribution in [0.3, 0.4) is 0 Å². The second-order valence-electron chi connectivity index (χ2n) is 7.52. The van der Waals surface area contributed by atoms with Crippen LogP contribution in [-0.4, -0.2) is 33.3 Å². The van der Waals surface area contributed by atoms with Crippen LogP contribution in [0.5, 0.6) is 34.5 Å². The van der Waals surface area contributed by atoms with E-state index in [4.69, 9.17) is 28.0 Å². The first-order valence-electron chi connectivity index (χ1n) is 11.1. The number of hydrogen-bond donors (Lipinski definition) is 1. The van der Waals surface area contributed by atoms with Crippen LogP contribution in [0, 0.1) is 0 Å². The van der Waals surface area contributed by atoms with Crippen LogP contribution in [0.15, 0.2) is 54.6 Å². The van der Waals surface area contributed by atoms with E-state index in [1.54, 1.807) is 40.6 Å². The van der Waals surface area contributed by atoms with Gasteiger partial charge < -0.3 is 0 Å². The van der Waals surface area contributed by atoms with E-state index < -0.39 is 7.94 Å². The molecule has 0 saturated carbocycles. The summed E-state index contributed by atoms with van der Waals surface area (Å²) in [6.45, 7) is 4.07. The van der Waals surface area contributed by atoms with E-state index in [9.17, 15) is 4.89 Å². The molecule has 184 valence electrons. The van der Waals surface area contributed by atoms with Crippen molar-refractivity contribution in [3.05, 3.63) is 65.7 Å². The van der Waals surface area contributed by atoms with Crippen LogP contribution in [0.1, 0.15) is 25.0 Å². The van der Waals surface area contributed by atoms with Crippen LogP contribution in [0.25, 0.3) is 0 Å². The van der Waals surface area contributed by atoms with E-state index in [2.05, 4.69) is 0 Å². The zero-order chi connectivity index (χ0) is 24.7. The molecule has 1 N–H and O–H groups in total. The Morgan fingerprint density at radius 3 is 1.26 bits per heavy atom. The molecule has 0 heterocycles. The first-order valence-corrected chi connectivity index (χ1v) is 12.8. The molecule has 3 aromatic rings. The van der Waals surface area contributed by atoms with Gasteiger partial charge in [0.1, 0.15) is 0 Å². The zero-order valence-corrected chi connectivity index (χ0v) is 21.5. The molecule has 0 aliphatic carbocycles. The van der Waals surface area contributed by atoms with Crippen LogP contribution < -0.4 is 33.3 Å². The van der Waals surface area contributed by atoms with E-state index in [0.717, 1.165) is 24.0 Å². The Morgan fingerprint density at radius 1 is 0.618 bits per heavy atom. The summed E-state index contributed by atoms with van der Waals surface area (Å²) >= 11 is 0.